The van der Waals surface area contributed by atoms with Gasteiger partial charge in [0.15, 0.2) is 8.32 Å². The van der Waals surface area contributed by atoms with Crippen LogP contribution >= 0.6 is 0 Å². The van der Waals surface area contributed by atoms with E-state index in [9.17, 15) is 9.59 Å². The summed E-state index contributed by atoms with van der Waals surface area (Å²) in [5.41, 5.74) is 1.16. The fraction of sp³-hybridized carbons (Fsp3) is 0.833. The molecule has 4 aliphatic rings. The lowest BCUT2D eigenvalue weighted by Crippen LogP contribution is -2.53. The first-order valence-electron chi connectivity index (χ1n) is 11.6. The van der Waals surface area contributed by atoms with E-state index in [0.717, 1.165) is 51.4 Å². The Labute approximate surface area is 176 Å². The summed E-state index contributed by atoms with van der Waals surface area (Å²) in [4.78, 5) is 24.2. The highest BCUT2D eigenvalue weighted by Gasteiger charge is 2.61. The van der Waals surface area contributed by atoms with Crippen LogP contribution in [0.15, 0.2) is 11.6 Å². The molecule has 0 aromatic carbocycles. The summed E-state index contributed by atoms with van der Waals surface area (Å²) in [5.74, 6) is 1.38. The van der Waals surface area contributed by atoms with Gasteiger partial charge in [-0.1, -0.05) is 18.6 Å². The first-order chi connectivity index (χ1) is 13.6. The average molecular weight is 419 g/mol. The lowest BCUT2D eigenvalue weighted by Gasteiger charge is -2.57. The molecule has 3 saturated carbocycles. The van der Waals surface area contributed by atoms with Crippen molar-refractivity contribution in [2.24, 2.45) is 28.6 Å². The smallest absolute Gasteiger partial charge is 0.302 e. The monoisotopic (exact) mass is 418 g/mol. The number of esters is 1. The molecule has 0 aromatic heterocycles. The minimum Gasteiger partial charge on any atom is -0.462 e. The number of rotatable bonds is 4. The third-order valence-corrected chi connectivity index (χ3v) is 9.65. The minimum absolute atomic E-state index is 0.0457. The van der Waals surface area contributed by atoms with Crippen LogP contribution in [-0.4, -0.2) is 32.8 Å². The normalized spacial score (nSPS) is 44.2. The molecule has 5 heteroatoms. The molecule has 0 heterocycles. The topological polar surface area (TPSA) is 52.6 Å². The van der Waals surface area contributed by atoms with E-state index in [1.807, 2.05) is 0 Å². The second-order valence-corrected chi connectivity index (χ2v) is 15.8. The first kappa shape index (κ1) is 21.3. The molecule has 0 amide bonds. The number of ether oxygens (including phenoxy) is 1. The van der Waals surface area contributed by atoms with Gasteiger partial charge in [-0.05, 0) is 88.8 Å². The van der Waals surface area contributed by atoms with Crippen LogP contribution in [0.2, 0.25) is 19.6 Å². The predicted octanol–water partition coefficient (Wildman–Crippen LogP) is 5.28. The van der Waals surface area contributed by atoms with Gasteiger partial charge in [-0.25, -0.2) is 0 Å². The Hall–Kier alpha value is -0.943. The standard InChI is InChI=1S/C24H38O4Si/c1-16(26)27-22-9-8-20-19-7-6-17-14-18(28-29(3,4)5)10-13-24(17,15-25)21(19)11-12-23(20,22)2/h6,15,18-22H,7-14H2,1-5H3/t18?,19-,20-,21+,22?,23-,24+/m0/s1. The molecule has 3 fully saturated rings. The van der Waals surface area contributed by atoms with E-state index in [0.29, 0.717) is 17.8 Å². The fourth-order valence-electron chi connectivity index (χ4n) is 7.50. The highest BCUT2D eigenvalue weighted by Crippen LogP contribution is 2.65. The van der Waals surface area contributed by atoms with Gasteiger partial charge in [0.2, 0.25) is 0 Å². The number of allylic oxidation sites excluding steroid dienone is 1. The third kappa shape index (κ3) is 3.56. The zero-order valence-electron chi connectivity index (χ0n) is 18.8. The van der Waals surface area contributed by atoms with Crippen molar-refractivity contribution in [3.05, 3.63) is 11.6 Å². The SMILES string of the molecule is CC(=O)OC1CC[C@H]2[C@@H]3CC=C4CC(O[Si](C)(C)C)CC[C@]4(C=O)[C@@H]3CC[C@]12C. The molecule has 0 aromatic rings. The Balaban J connectivity index is 1.58. The van der Waals surface area contributed by atoms with Gasteiger partial charge < -0.3 is 14.0 Å². The van der Waals surface area contributed by atoms with Crippen molar-refractivity contribution in [1.29, 1.82) is 0 Å². The maximum atomic E-state index is 12.6. The molecule has 0 spiro atoms. The molecule has 4 nitrogen and oxygen atoms in total. The van der Waals surface area contributed by atoms with E-state index in [2.05, 4.69) is 32.6 Å². The van der Waals surface area contributed by atoms with Crippen LogP contribution in [0, 0.1) is 28.6 Å². The number of carbonyl (C=O) groups excluding carboxylic acids is 2. The van der Waals surface area contributed by atoms with Gasteiger partial charge in [0, 0.05) is 18.4 Å². The summed E-state index contributed by atoms with van der Waals surface area (Å²) >= 11 is 0. The van der Waals surface area contributed by atoms with Gasteiger partial charge >= 0.3 is 5.97 Å². The number of hydrogen-bond acceptors (Lipinski definition) is 4. The van der Waals surface area contributed by atoms with Crippen LogP contribution in [0.25, 0.3) is 0 Å². The average Bonchev–Trinajstić information content (AvgIpc) is 2.96. The molecule has 162 valence electrons. The maximum Gasteiger partial charge on any atom is 0.302 e. The summed E-state index contributed by atoms with van der Waals surface area (Å²) in [5, 5.41) is 0. The van der Waals surface area contributed by atoms with Gasteiger partial charge in [0.05, 0.1) is 5.41 Å². The fourth-order valence-corrected chi connectivity index (χ4v) is 8.70. The molecular formula is C24H38O4Si. The molecule has 0 aliphatic heterocycles. The number of aldehydes is 1. The third-order valence-electron chi connectivity index (χ3n) is 8.61. The Morgan fingerprint density at radius 3 is 2.55 bits per heavy atom. The van der Waals surface area contributed by atoms with E-state index >= 15 is 0 Å². The summed E-state index contributed by atoms with van der Waals surface area (Å²) in [6.07, 6.45) is 12.2. The van der Waals surface area contributed by atoms with Crippen molar-refractivity contribution in [3.8, 4) is 0 Å². The Morgan fingerprint density at radius 1 is 1.14 bits per heavy atom. The van der Waals surface area contributed by atoms with Gasteiger partial charge in [-0.2, -0.15) is 0 Å². The largest absolute Gasteiger partial charge is 0.462 e. The maximum absolute atomic E-state index is 12.6. The van der Waals surface area contributed by atoms with Crippen LogP contribution in [0.1, 0.15) is 65.2 Å². The summed E-state index contributed by atoms with van der Waals surface area (Å²) in [6, 6.07) is 0. The number of hydrogen-bond donors (Lipinski definition) is 0. The van der Waals surface area contributed by atoms with Gasteiger partial charge in [0.25, 0.3) is 0 Å². The molecule has 0 N–H and O–H groups in total. The lowest BCUT2D eigenvalue weighted by molar-refractivity contribution is -0.157. The molecule has 0 saturated heterocycles. The van der Waals surface area contributed by atoms with E-state index in [1.165, 1.54) is 18.8 Å². The zero-order chi connectivity index (χ0) is 21.0. The molecular weight excluding hydrogens is 380 g/mol. The van der Waals surface area contributed by atoms with E-state index in [1.54, 1.807) is 0 Å². The number of fused-ring (bicyclic) bond motifs is 5. The quantitative estimate of drug-likeness (QED) is 0.270. The lowest BCUT2D eigenvalue weighted by atomic mass is 9.48. The molecule has 0 bridgehead atoms. The summed E-state index contributed by atoms with van der Waals surface area (Å²) in [7, 11) is -1.58. The Kier molecular flexibility index (Phi) is 5.38. The molecule has 29 heavy (non-hydrogen) atoms. The predicted molar refractivity (Wildman–Crippen MR) is 116 cm³/mol. The minimum atomic E-state index is -1.58. The van der Waals surface area contributed by atoms with Crippen molar-refractivity contribution >= 4 is 20.6 Å². The Morgan fingerprint density at radius 2 is 1.90 bits per heavy atom. The van der Waals surface area contributed by atoms with Crippen molar-refractivity contribution in [2.75, 3.05) is 0 Å². The van der Waals surface area contributed by atoms with Gasteiger partial charge in [-0.3, -0.25) is 4.79 Å². The van der Waals surface area contributed by atoms with E-state index < -0.39 is 8.32 Å². The van der Waals surface area contributed by atoms with Gasteiger partial charge in [-0.15, -0.1) is 0 Å². The number of carbonyl (C=O) groups is 2. The van der Waals surface area contributed by atoms with Gasteiger partial charge in [0.1, 0.15) is 12.4 Å². The molecule has 2 unspecified atom stereocenters. The van der Waals surface area contributed by atoms with Crippen molar-refractivity contribution < 1.29 is 18.8 Å². The molecule has 0 radical (unpaired) electrons. The molecule has 4 aliphatic carbocycles. The van der Waals surface area contributed by atoms with Crippen molar-refractivity contribution in [2.45, 2.75) is 97.1 Å². The van der Waals surface area contributed by atoms with Crippen LogP contribution in [0.5, 0.6) is 0 Å². The highest BCUT2D eigenvalue weighted by atomic mass is 28.4. The first-order valence-corrected chi connectivity index (χ1v) is 15.0. The summed E-state index contributed by atoms with van der Waals surface area (Å²) < 4.78 is 12.2. The molecule has 7 atom stereocenters. The van der Waals surface area contributed by atoms with E-state index in [4.69, 9.17) is 9.16 Å². The molecule has 4 rings (SSSR count). The van der Waals surface area contributed by atoms with Crippen LogP contribution in [0.3, 0.4) is 0 Å². The zero-order valence-corrected chi connectivity index (χ0v) is 19.8. The summed E-state index contributed by atoms with van der Waals surface area (Å²) in [6.45, 7) is 10.6. The van der Waals surface area contributed by atoms with Crippen molar-refractivity contribution in [3.63, 3.8) is 0 Å². The Bertz CT molecular complexity index is 710. The van der Waals surface area contributed by atoms with Crippen molar-refractivity contribution in [1.82, 2.24) is 0 Å². The van der Waals surface area contributed by atoms with Crippen LogP contribution in [0.4, 0.5) is 0 Å². The highest BCUT2D eigenvalue weighted by molar-refractivity contribution is 6.69. The second kappa shape index (κ2) is 7.33. The van der Waals surface area contributed by atoms with Crippen LogP contribution in [-0.2, 0) is 18.8 Å². The van der Waals surface area contributed by atoms with Crippen LogP contribution < -0.4 is 0 Å². The van der Waals surface area contributed by atoms with E-state index in [-0.39, 0.29) is 29.0 Å². The second-order valence-electron chi connectivity index (χ2n) is 11.3.